The summed E-state index contributed by atoms with van der Waals surface area (Å²) in [6.45, 7) is 0.650. The van der Waals surface area contributed by atoms with Crippen LogP contribution in [0.15, 0.2) is 30.5 Å². The largest absolute Gasteiger partial charge is 0.480 e. The highest BCUT2D eigenvalue weighted by molar-refractivity contribution is 5.95. The maximum Gasteiger partial charge on any atom is 0.326 e. The molecule has 0 radical (unpaired) electrons. The number of para-hydroxylation sites is 1. The Morgan fingerprint density at radius 2 is 1.74 bits per heavy atom. The first-order valence-corrected chi connectivity index (χ1v) is 10.4. The lowest BCUT2D eigenvalue weighted by Gasteiger charge is -2.21. The van der Waals surface area contributed by atoms with Gasteiger partial charge in [0.05, 0.1) is 19.1 Å². The zero-order chi connectivity index (χ0) is 25.4. The van der Waals surface area contributed by atoms with E-state index in [0.717, 1.165) is 10.9 Å². The van der Waals surface area contributed by atoms with E-state index in [1.165, 1.54) is 6.92 Å². The van der Waals surface area contributed by atoms with Gasteiger partial charge in [-0.15, -0.1) is 0 Å². The van der Waals surface area contributed by atoms with Crippen LogP contribution in [0.5, 0.6) is 0 Å². The minimum absolute atomic E-state index is 0.00335. The van der Waals surface area contributed by atoms with E-state index in [9.17, 15) is 34.2 Å². The van der Waals surface area contributed by atoms with E-state index < -0.39 is 66.8 Å². The highest BCUT2D eigenvalue weighted by Gasteiger charge is 2.28. The average Bonchev–Trinajstić information content (AvgIpc) is 3.18. The zero-order valence-electron chi connectivity index (χ0n) is 18.4. The first-order chi connectivity index (χ1) is 16.0. The number of hydrogen-bond acceptors (Lipinski definition) is 7. The van der Waals surface area contributed by atoms with Crippen LogP contribution in [0.1, 0.15) is 18.9 Å². The van der Waals surface area contributed by atoms with Gasteiger partial charge < -0.3 is 42.6 Å². The molecule has 34 heavy (non-hydrogen) atoms. The summed E-state index contributed by atoms with van der Waals surface area (Å²) in [6.07, 6.45) is -0.141. The topological polar surface area (TPSA) is 230 Å². The lowest BCUT2D eigenvalue weighted by molar-refractivity contribution is -0.141. The maximum atomic E-state index is 12.4. The van der Waals surface area contributed by atoms with Gasteiger partial charge in [0.15, 0.2) is 0 Å². The number of aliphatic hydroxyl groups excluding tert-OH is 1. The lowest BCUT2D eigenvalue weighted by atomic mass is 10.0. The number of benzene rings is 1. The number of primary amides is 1. The Morgan fingerprint density at radius 1 is 1.06 bits per heavy atom. The molecule has 0 bridgehead atoms. The van der Waals surface area contributed by atoms with Crippen LogP contribution >= 0.6 is 0 Å². The molecule has 0 aliphatic heterocycles. The molecular weight excluding hydrogens is 448 g/mol. The summed E-state index contributed by atoms with van der Waals surface area (Å²) in [5.41, 5.74) is 12.1. The van der Waals surface area contributed by atoms with Crippen molar-refractivity contribution < 1.29 is 34.2 Å². The second-order valence-electron chi connectivity index (χ2n) is 7.74. The highest BCUT2D eigenvalue weighted by Crippen LogP contribution is 2.19. The van der Waals surface area contributed by atoms with E-state index in [2.05, 4.69) is 20.9 Å². The minimum atomic E-state index is -1.44. The van der Waals surface area contributed by atoms with Gasteiger partial charge in [0.1, 0.15) is 18.1 Å². The fraction of sp³-hybridized carbons (Fsp3) is 0.381. The number of H-pyrrole nitrogens is 1. The second-order valence-corrected chi connectivity index (χ2v) is 7.74. The van der Waals surface area contributed by atoms with E-state index in [1.54, 1.807) is 12.3 Å². The molecule has 0 saturated carbocycles. The molecule has 184 valence electrons. The van der Waals surface area contributed by atoms with Gasteiger partial charge in [-0.25, -0.2) is 4.79 Å². The molecule has 10 N–H and O–H groups in total. The van der Waals surface area contributed by atoms with Crippen LogP contribution in [0.25, 0.3) is 10.9 Å². The fourth-order valence-corrected chi connectivity index (χ4v) is 3.15. The van der Waals surface area contributed by atoms with Crippen molar-refractivity contribution in [2.45, 2.75) is 44.0 Å². The summed E-state index contributed by atoms with van der Waals surface area (Å²) in [4.78, 5) is 62.6. The normalized spacial score (nSPS) is 14.4. The quantitative estimate of drug-likeness (QED) is 0.162. The summed E-state index contributed by atoms with van der Waals surface area (Å²) in [6, 6.07) is 3.22. The molecule has 4 atom stereocenters. The molecule has 2 rings (SSSR count). The number of aliphatic hydroxyl groups is 1. The van der Waals surface area contributed by atoms with Crippen molar-refractivity contribution in [1.29, 1.82) is 0 Å². The molecule has 13 nitrogen and oxygen atoms in total. The van der Waals surface area contributed by atoms with E-state index in [0.29, 0.717) is 5.56 Å². The number of carboxylic acids is 1. The number of nitrogens with two attached hydrogens (primary N) is 2. The summed E-state index contributed by atoms with van der Waals surface area (Å²) in [7, 11) is 0. The Hall–Kier alpha value is -3.97. The van der Waals surface area contributed by atoms with Crippen molar-refractivity contribution in [2.24, 2.45) is 11.5 Å². The number of fused-ring (bicyclic) bond motifs is 1. The maximum absolute atomic E-state index is 12.4. The predicted molar refractivity (Wildman–Crippen MR) is 120 cm³/mol. The third kappa shape index (κ3) is 7.28. The number of carbonyl (C=O) groups is 5. The molecule has 4 amide bonds. The monoisotopic (exact) mass is 476 g/mol. The number of aliphatic carboxylic acids is 1. The van der Waals surface area contributed by atoms with E-state index in [1.807, 2.05) is 18.2 Å². The van der Waals surface area contributed by atoms with E-state index in [-0.39, 0.29) is 6.42 Å². The van der Waals surface area contributed by atoms with Crippen molar-refractivity contribution in [2.75, 3.05) is 6.54 Å². The molecule has 0 spiro atoms. The molecule has 1 aromatic heterocycles. The van der Waals surface area contributed by atoms with Gasteiger partial charge in [-0.3, -0.25) is 19.2 Å². The Labute approximate surface area is 194 Å². The van der Waals surface area contributed by atoms with Gasteiger partial charge in [-0.05, 0) is 18.6 Å². The molecule has 13 heteroatoms. The van der Waals surface area contributed by atoms with Crippen LogP contribution in [0.3, 0.4) is 0 Å². The van der Waals surface area contributed by atoms with E-state index in [4.69, 9.17) is 11.5 Å². The molecule has 1 heterocycles. The molecular formula is C21H28N6O7. The Bertz CT molecular complexity index is 1070. The van der Waals surface area contributed by atoms with Gasteiger partial charge in [0, 0.05) is 23.5 Å². The van der Waals surface area contributed by atoms with Crippen LogP contribution < -0.4 is 27.4 Å². The smallest absolute Gasteiger partial charge is 0.326 e. The molecule has 4 unspecified atom stereocenters. The van der Waals surface area contributed by atoms with Gasteiger partial charge >= 0.3 is 5.97 Å². The number of carboxylic acid groups (broad SMARTS) is 1. The van der Waals surface area contributed by atoms with Gasteiger partial charge in [0.25, 0.3) is 0 Å². The van der Waals surface area contributed by atoms with Crippen molar-refractivity contribution in [3.8, 4) is 0 Å². The number of aromatic amines is 1. The first-order valence-electron chi connectivity index (χ1n) is 10.4. The van der Waals surface area contributed by atoms with Crippen LogP contribution in [0, 0.1) is 0 Å². The summed E-state index contributed by atoms with van der Waals surface area (Å²) in [5, 5.41) is 26.5. The van der Waals surface area contributed by atoms with Crippen LogP contribution in [-0.2, 0) is 30.4 Å². The zero-order valence-corrected chi connectivity index (χ0v) is 18.4. The lowest BCUT2D eigenvalue weighted by Crippen LogP contribution is -2.56. The number of hydrogen-bond donors (Lipinski definition) is 8. The summed E-state index contributed by atoms with van der Waals surface area (Å²) in [5.74, 6) is -4.78. The van der Waals surface area contributed by atoms with Crippen molar-refractivity contribution in [1.82, 2.24) is 20.9 Å². The Kier molecular flexibility index (Phi) is 9.10. The van der Waals surface area contributed by atoms with Crippen LogP contribution in [-0.4, -0.2) is 75.6 Å². The standard InChI is InChI=1S/C21H28N6O7/c1-10(28)18(23)20(32)27-14(7-16(22)29)19(31)25-9-17(30)26-15(21(33)34)6-11-8-24-13-5-3-2-4-12(11)13/h2-5,8,10,14-15,18,24,28H,6-7,9,23H2,1H3,(H2,22,29)(H,25,31)(H,26,30)(H,27,32)(H,33,34). The average molecular weight is 476 g/mol. The molecule has 0 aliphatic carbocycles. The van der Waals surface area contributed by atoms with Gasteiger partial charge in [-0.1, -0.05) is 18.2 Å². The van der Waals surface area contributed by atoms with Crippen LogP contribution in [0.2, 0.25) is 0 Å². The highest BCUT2D eigenvalue weighted by atomic mass is 16.4. The van der Waals surface area contributed by atoms with E-state index >= 15 is 0 Å². The van der Waals surface area contributed by atoms with Gasteiger partial charge in [0.2, 0.25) is 23.6 Å². The van der Waals surface area contributed by atoms with Crippen molar-refractivity contribution >= 4 is 40.5 Å². The second kappa shape index (κ2) is 11.8. The molecule has 0 saturated heterocycles. The van der Waals surface area contributed by atoms with Crippen LogP contribution in [0.4, 0.5) is 0 Å². The van der Waals surface area contributed by atoms with Crippen molar-refractivity contribution in [3.63, 3.8) is 0 Å². The number of aromatic nitrogens is 1. The fourth-order valence-electron chi connectivity index (χ4n) is 3.15. The van der Waals surface area contributed by atoms with Crippen molar-refractivity contribution in [3.05, 3.63) is 36.0 Å². The predicted octanol–water partition coefficient (Wildman–Crippen LogP) is -2.54. The first kappa shape index (κ1) is 26.3. The molecule has 2 aromatic rings. The minimum Gasteiger partial charge on any atom is -0.480 e. The third-order valence-electron chi connectivity index (χ3n) is 5.02. The molecule has 0 fully saturated rings. The summed E-state index contributed by atoms with van der Waals surface area (Å²) >= 11 is 0. The SMILES string of the molecule is CC(O)C(N)C(=O)NC(CC(N)=O)C(=O)NCC(=O)NC(Cc1c[nH]c2ccccc12)C(=O)O. The number of amides is 4. The Balaban J connectivity index is 1.97. The number of nitrogens with one attached hydrogen (secondary N) is 4. The summed E-state index contributed by atoms with van der Waals surface area (Å²) < 4.78 is 0. The molecule has 0 aliphatic rings. The molecule has 1 aromatic carbocycles. The van der Waals surface area contributed by atoms with Gasteiger partial charge in [-0.2, -0.15) is 0 Å². The number of rotatable bonds is 12. The number of carbonyl (C=O) groups excluding carboxylic acids is 4. The Morgan fingerprint density at radius 3 is 2.35 bits per heavy atom. The third-order valence-corrected chi connectivity index (χ3v) is 5.02.